The Hall–Kier alpha value is -3.03. The fourth-order valence-corrected chi connectivity index (χ4v) is 3.18. The van der Waals surface area contributed by atoms with Gasteiger partial charge in [0.25, 0.3) is 5.91 Å². The first-order chi connectivity index (χ1) is 13.0. The van der Waals surface area contributed by atoms with Crippen molar-refractivity contribution < 1.29 is 23.9 Å². The maximum atomic E-state index is 12.5. The van der Waals surface area contributed by atoms with E-state index in [1.807, 2.05) is 24.3 Å². The minimum Gasteiger partial charge on any atom is -0.481 e. The molecule has 1 aliphatic rings. The van der Waals surface area contributed by atoms with E-state index in [1.165, 1.54) is 0 Å². The molecule has 1 aliphatic heterocycles. The SMILES string of the molecule is O=C(O)CCCNC(=O)N1CCCC(NC(=O)c2cc3ccccc3o2)C1. The van der Waals surface area contributed by atoms with Crippen molar-refractivity contribution in [3.63, 3.8) is 0 Å². The number of rotatable bonds is 6. The second kappa shape index (κ2) is 8.57. The Morgan fingerprint density at radius 2 is 2.07 bits per heavy atom. The van der Waals surface area contributed by atoms with Crippen LogP contribution in [-0.4, -0.2) is 53.6 Å². The second-order valence-electron chi connectivity index (χ2n) is 6.64. The first-order valence-corrected chi connectivity index (χ1v) is 9.07. The van der Waals surface area contributed by atoms with E-state index in [1.54, 1.807) is 11.0 Å². The zero-order valence-corrected chi connectivity index (χ0v) is 14.9. The normalized spacial score (nSPS) is 16.9. The van der Waals surface area contributed by atoms with Crippen molar-refractivity contribution in [2.24, 2.45) is 0 Å². The van der Waals surface area contributed by atoms with Gasteiger partial charge in [0.1, 0.15) is 5.58 Å². The molecule has 0 saturated carbocycles. The number of carbonyl (C=O) groups is 3. The molecule has 0 radical (unpaired) electrons. The van der Waals surface area contributed by atoms with Crippen molar-refractivity contribution in [1.82, 2.24) is 15.5 Å². The zero-order chi connectivity index (χ0) is 19.2. The minimum absolute atomic E-state index is 0.0243. The number of hydrogen-bond donors (Lipinski definition) is 3. The summed E-state index contributed by atoms with van der Waals surface area (Å²) >= 11 is 0. The molecule has 1 saturated heterocycles. The summed E-state index contributed by atoms with van der Waals surface area (Å²) in [5.74, 6) is -0.915. The highest BCUT2D eigenvalue weighted by Crippen LogP contribution is 2.19. The molecule has 0 bridgehead atoms. The van der Waals surface area contributed by atoms with Crippen LogP contribution in [0.15, 0.2) is 34.7 Å². The number of furan rings is 1. The predicted octanol–water partition coefficient (Wildman–Crippen LogP) is 2.20. The van der Waals surface area contributed by atoms with Crippen LogP contribution >= 0.6 is 0 Å². The number of likely N-dealkylation sites (tertiary alicyclic amines) is 1. The van der Waals surface area contributed by atoms with Crippen molar-refractivity contribution >= 4 is 28.9 Å². The van der Waals surface area contributed by atoms with Crippen LogP contribution in [0.1, 0.15) is 36.2 Å². The summed E-state index contributed by atoms with van der Waals surface area (Å²) in [6.07, 6.45) is 1.99. The highest BCUT2D eigenvalue weighted by Gasteiger charge is 2.25. The van der Waals surface area contributed by atoms with E-state index in [0.29, 0.717) is 31.6 Å². The maximum absolute atomic E-state index is 12.5. The molecule has 8 nitrogen and oxygen atoms in total. The predicted molar refractivity (Wildman–Crippen MR) is 98.5 cm³/mol. The Morgan fingerprint density at radius 1 is 1.26 bits per heavy atom. The van der Waals surface area contributed by atoms with Crippen molar-refractivity contribution in [2.75, 3.05) is 19.6 Å². The van der Waals surface area contributed by atoms with Gasteiger partial charge in [0, 0.05) is 37.5 Å². The summed E-state index contributed by atoms with van der Waals surface area (Å²) in [5, 5.41) is 15.1. The minimum atomic E-state index is -0.879. The van der Waals surface area contributed by atoms with Gasteiger partial charge in [0.2, 0.25) is 0 Å². The van der Waals surface area contributed by atoms with Gasteiger partial charge in [0.05, 0.1) is 0 Å². The zero-order valence-electron chi connectivity index (χ0n) is 14.9. The van der Waals surface area contributed by atoms with E-state index < -0.39 is 5.97 Å². The van der Waals surface area contributed by atoms with Gasteiger partial charge in [-0.1, -0.05) is 18.2 Å². The van der Waals surface area contributed by atoms with Crippen molar-refractivity contribution in [3.8, 4) is 0 Å². The Morgan fingerprint density at radius 3 is 2.85 bits per heavy atom. The molecule has 0 aliphatic carbocycles. The van der Waals surface area contributed by atoms with Gasteiger partial charge in [-0.3, -0.25) is 9.59 Å². The third-order valence-electron chi connectivity index (χ3n) is 4.54. The number of benzene rings is 1. The van der Waals surface area contributed by atoms with Crippen molar-refractivity contribution in [1.29, 1.82) is 0 Å². The highest BCUT2D eigenvalue weighted by atomic mass is 16.4. The Bertz CT molecular complexity index is 799. The Balaban J connectivity index is 1.50. The first-order valence-electron chi connectivity index (χ1n) is 9.07. The summed E-state index contributed by atoms with van der Waals surface area (Å²) in [6.45, 7) is 1.34. The van der Waals surface area contributed by atoms with E-state index in [-0.39, 0.29) is 30.2 Å². The Kier molecular flexibility index (Phi) is 5.95. The largest absolute Gasteiger partial charge is 0.481 e. The summed E-state index contributed by atoms with van der Waals surface area (Å²) in [7, 11) is 0. The smallest absolute Gasteiger partial charge is 0.317 e. The lowest BCUT2D eigenvalue weighted by atomic mass is 10.1. The van der Waals surface area contributed by atoms with Crippen LogP contribution in [0.3, 0.4) is 0 Å². The monoisotopic (exact) mass is 373 g/mol. The number of fused-ring (bicyclic) bond motifs is 1. The molecule has 1 atom stereocenters. The number of aliphatic carboxylic acids is 1. The van der Waals surface area contributed by atoms with E-state index in [2.05, 4.69) is 10.6 Å². The van der Waals surface area contributed by atoms with E-state index in [0.717, 1.165) is 18.2 Å². The topological polar surface area (TPSA) is 112 Å². The average molecular weight is 373 g/mol. The lowest BCUT2D eigenvalue weighted by Crippen LogP contribution is -2.52. The molecule has 8 heteroatoms. The quantitative estimate of drug-likeness (QED) is 0.672. The van der Waals surface area contributed by atoms with E-state index >= 15 is 0 Å². The lowest BCUT2D eigenvalue weighted by molar-refractivity contribution is -0.137. The molecular formula is C19H23N3O5. The fourth-order valence-electron chi connectivity index (χ4n) is 3.18. The molecule has 3 N–H and O–H groups in total. The third kappa shape index (κ3) is 4.99. The van der Waals surface area contributed by atoms with Crippen LogP contribution in [0, 0.1) is 0 Å². The number of para-hydroxylation sites is 1. The van der Waals surface area contributed by atoms with Crippen LogP contribution in [0.25, 0.3) is 11.0 Å². The van der Waals surface area contributed by atoms with Gasteiger partial charge >= 0.3 is 12.0 Å². The number of hydrogen-bond acceptors (Lipinski definition) is 4. The number of carbonyl (C=O) groups excluding carboxylic acids is 2. The molecule has 1 aromatic heterocycles. The van der Waals surface area contributed by atoms with Crippen molar-refractivity contribution in [2.45, 2.75) is 31.7 Å². The first kappa shape index (κ1) is 18.8. The molecule has 3 amide bonds. The maximum Gasteiger partial charge on any atom is 0.317 e. The summed E-state index contributed by atoms with van der Waals surface area (Å²) in [5.41, 5.74) is 0.661. The van der Waals surface area contributed by atoms with Gasteiger partial charge < -0.3 is 25.1 Å². The number of nitrogens with one attached hydrogen (secondary N) is 2. The number of urea groups is 1. The number of carboxylic acid groups (broad SMARTS) is 1. The molecule has 2 aromatic rings. The van der Waals surface area contributed by atoms with Crippen LogP contribution < -0.4 is 10.6 Å². The van der Waals surface area contributed by atoms with Crippen LogP contribution in [0.5, 0.6) is 0 Å². The average Bonchev–Trinajstić information content (AvgIpc) is 3.09. The van der Waals surface area contributed by atoms with Gasteiger partial charge in [-0.25, -0.2) is 4.79 Å². The van der Waals surface area contributed by atoms with Gasteiger partial charge in [-0.05, 0) is 31.4 Å². The standard InChI is InChI=1S/C19H23N3O5/c23-17(24)8-3-9-20-19(26)22-10-4-6-14(12-22)21-18(25)16-11-13-5-1-2-7-15(13)27-16/h1-2,5,7,11,14H,3-4,6,8-10,12H2,(H,20,26)(H,21,25)(H,23,24). The Labute approximate surface area is 156 Å². The molecule has 27 heavy (non-hydrogen) atoms. The van der Waals surface area contributed by atoms with E-state index in [4.69, 9.17) is 9.52 Å². The molecule has 2 heterocycles. The number of nitrogens with zero attached hydrogens (tertiary/aromatic N) is 1. The van der Waals surface area contributed by atoms with Gasteiger partial charge in [-0.2, -0.15) is 0 Å². The third-order valence-corrected chi connectivity index (χ3v) is 4.54. The molecular weight excluding hydrogens is 350 g/mol. The lowest BCUT2D eigenvalue weighted by Gasteiger charge is -2.33. The molecule has 0 spiro atoms. The highest BCUT2D eigenvalue weighted by molar-refractivity contribution is 5.96. The second-order valence-corrected chi connectivity index (χ2v) is 6.64. The van der Waals surface area contributed by atoms with Crippen LogP contribution in [-0.2, 0) is 4.79 Å². The number of amides is 3. The summed E-state index contributed by atoms with van der Waals surface area (Å²) < 4.78 is 5.58. The molecule has 1 aromatic carbocycles. The van der Waals surface area contributed by atoms with Gasteiger partial charge in [-0.15, -0.1) is 0 Å². The molecule has 1 fully saturated rings. The van der Waals surface area contributed by atoms with Crippen molar-refractivity contribution in [3.05, 3.63) is 36.1 Å². The van der Waals surface area contributed by atoms with Crippen LogP contribution in [0.4, 0.5) is 4.79 Å². The fraction of sp³-hybridized carbons (Fsp3) is 0.421. The molecule has 3 rings (SSSR count). The van der Waals surface area contributed by atoms with Gasteiger partial charge in [0.15, 0.2) is 5.76 Å². The number of carboxylic acids is 1. The number of piperidine rings is 1. The van der Waals surface area contributed by atoms with E-state index in [9.17, 15) is 14.4 Å². The van der Waals surface area contributed by atoms with Crippen LogP contribution in [0.2, 0.25) is 0 Å². The molecule has 144 valence electrons. The summed E-state index contributed by atoms with van der Waals surface area (Å²) in [6, 6.07) is 8.75. The summed E-state index contributed by atoms with van der Waals surface area (Å²) in [4.78, 5) is 36.8. The molecule has 1 unspecified atom stereocenters.